The maximum Gasteiger partial charge on any atom is 0.204 e. The molecule has 0 aliphatic carbocycles. The highest BCUT2D eigenvalue weighted by Crippen LogP contribution is 2.39. The van der Waals surface area contributed by atoms with Crippen molar-refractivity contribution >= 4 is 5.78 Å². The number of hydrogen-bond donors (Lipinski definition) is 1. The molecule has 1 aromatic rings. The van der Waals surface area contributed by atoms with Gasteiger partial charge in [-0.3, -0.25) is 9.69 Å². The number of carbonyl (C=O) groups excluding carboxylic acids is 1. The van der Waals surface area contributed by atoms with Crippen molar-refractivity contribution in [1.82, 2.24) is 10.2 Å². The molecule has 0 amide bonds. The van der Waals surface area contributed by atoms with Gasteiger partial charge >= 0.3 is 0 Å². The molecule has 0 spiro atoms. The van der Waals surface area contributed by atoms with Crippen LogP contribution >= 0.6 is 0 Å². The fourth-order valence-electron chi connectivity index (χ4n) is 2.48. The Kier molecular flexibility index (Phi) is 5.41. The van der Waals surface area contributed by atoms with Crippen molar-refractivity contribution < 1.29 is 19.0 Å². The van der Waals surface area contributed by atoms with E-state index in [9.17, 15) is 4.79 Å². The molecule has 1 aliphatic rings. The van der Waals surface area contributed by atoms with Crippen LogP contribution in [0.2, 0.25) is 0 Å². The number of nitrogens with one attached hydrogen (secondary N) is 1. The highest BCUT2D eigenvalue weighted by atomic mass is 16.5. The zero-order chi connectivity index (χ0) is 15.2. The number of rotatable bonds is 6. The molecule has 0 unspecified atom stereocenters. The average Bonchev–Trinajstić information content (AvgIpc) is 2.53. The van der Waals surface area contributed by atoms with Gasteiger partial charge in [-0.1, -0.05) is 0 Å². The first-order chi connectivity index (χ1) is 10.2. The molecule has 1 heterocycles. The summed E-state index contributed by atoms with van der Waals surface area (Å²) in [4.78, 5) is 14.7. The number of carbonyl (C=O) groups is 1. The Balaban J connectivity index is 2.23. The third kappa shape index (κ3) is 3.46. The molecular formula is C15H22N2O4. The quantitative estimate of drug-likeness (QED) is 0.783. The van der Waals surface area contributed by atoms with E-state index >= 15 is 0 Å². The Morgan fingerprint density at radius 3 is 2.33 bits per heavy atom. The van der Waals surface area contributed by atoms with Crippen molar-refractivity contribution in [2.75, 3.05) is 54.1 Å². The summed E-state index contributed by atoms with van der Waals surface area (Å²) in [6.45, 7) is 3.96. The lowest BCUT2D eigenvalue weighted by molar-refractivity contribution is 0.0917. The molecular weight excluding hydrogens is 272 g/mol. The lowest BCUT2D eigenvalue weighted by Crippen LogP contribution is -2.45. The van der Waals surface area contributed by atoms with Gasteiger partial charge in [0.15, 0.2) is 17.3 Å². The van der Waals surface area contributed by atoms with E-state index in [1.807, 2.05) is 0 Å². The molecule has 116 valence electrons. The molecule has 1 saturated heterocycles. The van der Waals surface area contributed by atoms with Gasteiger partial charge in [-0.15, -0.1) is 0 Å². The summed E-state index contributed by atoms with van der Waals surface area (Å²) in [6.07, 6.45) is 0. The van der Waals surface area contributed by atoms with Gasteiger partial charge in [0.25, 0.3) is 0 Å². The summed E-state index contributed by atoms with van der Waals surface area (Å²) in [6, 6.07) is 3.46. The zero-order valence-corrected chi connectivity index (χ0v) is 12.8. The molecule has 1 aromatic carbocycles. The summed E-state index contributed by atoms with van der Waals surface area (Å²) in [5, 5.41) is 3.27. The second-order valence-corrected chi connectivity index (χ2v) is 4.83. The SMILES string of the molecule is COc1ccc(C(=O)CN2CCNCC2)c(OC)c1OC. The first-order valence-electron chi connectivity index (χ1n) is 6.96. The van der Waals surface area contributed by atoms with Gasteiger partial charge in [0.2, 0.25) is 5.75 Å². The number of piperazine rings is 1. The van der Waals surface area contributed by atoms with Gasteiger partial charge in [-0.25, -0.2) is 0 Å². The van der Waals surface area contributed by atoms with Crippen molar-refractivity contribution in [3.63, 3.8) is 0 Å². The van der Waals surface area contributed by atoms with Crippen LogP contribution < -0.4 is 19.5 Å². The number of methoxy groups -OCH3 is 3. The Morgan fingerprint density at radius 1 is 1.10 bits per heavy atom. The minimum absolute atomic E-state index is 0.0229. The molecule has 6 nitrogen and oxygen atoms in total. The van der Waals surface area contributed by atoms with Crippen LogP contribution in [0.25, 0.3) is 0 Å². The topological polar surface area (TPSA) is 60.0 Å². The van der Waals surface area contributed by atoms with Gasteiger partial charge in [0, 0.05) is 26.2 Å². The maximum atomic E-state index is 12.5. The van der Waals surface area contributed by atoms with E-state index in [0.717, 1.165) is 26.2 Å². The van der Waals surface area contributed by atoms with Crippen LogP contribution in [0.5, 0.6) is 17.2 Å². The molecule has 6 heteroatoms. The van der Waals surface area contributed by atoms with Crippen LogP contribution in [0.15, 0.2) is 12.1 Å². The number of hydrogen-bond acceptors (Lipinski definition) is 6. The molecule has 0 bridgehead atoms. The van der Waals surface area contributed by atoms with E-state index in [1.54, 1.807) is 19.2 Å². The number of benzene rings is 1. The predicted octanol–water partition coefficient (Wildman–Crippen LogP) is 0.800. The molecule has 1 aliphatic heterocycles. The zero-order valence-electron chi connectivity index (χ0n) is 12.8. The minimum Gasteiger partial charge on any atom is -0.493 e. The second kappa shape index (κ2) is 7.28. The fraction of sp³-hybridized carbons (Fsp3) is 0.533. The number of ether oxygens (including phenoxy) is 3. The highest BCUT2D eigenvalue weighted by molar-refractivity contribution is 6.01. The highest BCUT2D eigenvalue weighted by Gasteiger charge is 2.22. The molecule has 0 radical (unpaired) electrons. The van der Waals surface area contributed by atoms with Gasteiger partial charge in [0.1, 0.15) is 0 Å². The molecule has 1 N–H and O–H groups in total. The van der Waals surface area contributed by atoms with Crippen molar-refractivity contribution in [2.45, 2.75) is 0 Å². The Hall–Kier alpha value is -1.79. The van der Waals surface area contributed by atoms with E-state index < -0.39 is 0 Å². The monoisotopic (exact) mass is 294 g/mol. The van der Waals surface area contributed by atoms with Crippen LogP contribution in [0.4, 0.5) is 0 Å². The van der Waals surface area contributed by atoms with Crippen LogP contribution in [-0.4, -0.2) is 64.7 Å². The van der Waals surface area contributed by atoms with Gasteiger partial charge in [-0.2, -0.15) is 0 Å². The first-order valence-corrected chi connectivity index (χ1v) is 6.96. The lowest BCUT2D eigenvalue weighted by atomic mass is 10.1. The van der Waals surface area contributed by atoms with E-state index in [-0.39, 0.29) is 5.78 Å². The summed E-state index contributed by atoms with van der Waals surface area (Å²) >= 11 is 0. The third-order valence-corrected chi connectivity index (χ3v) is 3.58. The summed E-state index contributed by atoms with van der Waals surface area (Å²) < 4.78 is 15.9. The lowest BCUT2D eigenvalue weighted by Gasteiger charge is -2.26. The van der Waals surface area contributed by atoms with Crippen molar-refractivity contribution in [2.24, 2.45) is 0 Å². The summed E-state index contributed by atoms with van der Waals surface area (Å²) in [5.74, 6) is 1.45. The van der Waals surface area contributed by atoms with E-state index in [4.69, 9.17) is 14.2 Å². The van der Waals surface area contributed by atoms with E-state index in [0.29, 0.717) is 29.4 Å². The van der Waals surface area contributed by atoms with Crippen LogP contribution in [0.1, 0.15) is 10.4 Å². The summed E-state index contributed by atoms with van der Waals surface area (Å²) in [5.41, 5.74) is 0.522. The van der Waals surface area contributed by atoms with Gasteiger partial charge in [-0.05, 0) is 12.1 Å². The molecule has 0 aromatic heterocycles. The van der Waals surface area contributed by atoms with Crippen LogP contribution in [0.3, 0.4) is 0 Å². The standard InChI is InChI=1S/C15H22N2O4/c1-19-13-5-4-11(14(20-2)15(13)21-3)12(18)10-17-8-6-16-7-9-17/h4-5,16H,6-10H2,1-3H3. The smallest absolute Gasteiger partial charge is 0.204 e. The molecule has 0 atom stereocenters. The van der Waals surface area contributed by atoms with Gasteiger partial charge in [0.05, 0.1) is 33.4 Å². The number of nitrogens with zero attached hydrogens (tertiary/aromatic N) is 1. The predicted molar refractivity (Wildman–Crippen MR) is 79.7 cm³/mol. The van der Waals surface area contributed by atoms with Gasteiger partial charge < -0.3 is 19.5 Å². The van der Waals surface area contributed by atoms with Crippen LogP contribution in [0, 0.1) is 0 Å². The number of Topliss-reactive ketones (excluding diaryl/α,β-unsaturated/α-hetero) is 1. The Morgan fingerprint density at radius 2 is 1.76 bits per heavy atom. The van der Waals surface area contributed by atoms with E-state index in [2.05, 4.69) is 10.2 Å². The minimum atomic E-state index is 0.0229. The van der Waals surface area contributed by atoms with Crippen LogP contribution in [-0.2, 0) is 0 Å². The first kappa shape index (κ1) is 15.6. The largest absolute Gasteiger partial charge is 0.493 e. The molecule has 2 rings (SSSR count). The normalized spacial score (nSPS) is 15.6. The van der Waals surface area contributed by atoms with Crippen molar-refractivity contribution in [1.29, 1.82) is 0 Å². The molecule has 0 saturated carbocycles. The van der Waals surface area contributed by atoms with Crippen molar-refractivity contribution in [3.05, 3.63) is 17.7 Å². The average molecular weight is 294 g/mol. The Bertz CT molecular complexity index is 499. The van der Waals surface area contributed by atoms with E-state index in [1.165, 1.54) is 14.2 Å². The maximum absolute atomic E-state index is 12.5. The second-order valence-electron chi connectivity index (χ2n) is 4.83. The number of ketones is 1. The third-order valence-electron chi connectivity index (χ3n) is 3.58. The van der Waals surface area contributed by atoms with Crippen molar-refractivity contribution in [3.8, 4) is 17.2 Å². The molecule has 1 fully saturated rings. The fourth-order valence-corrected chi connectivity index (χ4v) is 2.48. The Labute approximate surface area is 125 Å². The molecule has 21 heavy (non-hydrogen) atoms. The summed E-state index contributed by atoms with van der Waals surface area (Å²) in [7, 11) is 4.61.